The Hall–Kier alpha value is -2.53. The molecule has 9 atom stereocenters. The molecule has 2 saturated carbocycles. The zero-order valence-electron chi connectivity index (χ0n) is 27.5. The van der Waals surface area contributed by atoms with Gasteiger partial charge in [-0.15, -0.1) is 11.8 Å². The number of carbonyl (C=O) groups is 2. The number of carbonyl (C=O) groups excluding carboxylic acids is 2. The smallest absolute Gasteiger partial charge is 0.320 e. The summed E-state index contributed by atoms with van der Waals surface area (Å²) < 4.78 is 13.0. The second-order valence-corrected chi connectivity index (χ2v) is 15.7. The monoisotopic (exact) mass is 616 g/mol. The first-order valence-corrected chi connectivity index (χ1v) is 17.9. The van der Waals surface area contributed by atoms with Crippen LogP contribution < -0.4 is 0 Å². The molecule has 0 spiro atoms. The van der Waals surface area contributed by atoms with E-state index in [9.17, 15) is 9.59 Å². The van der Waals surface area contributed by atoms with Crippen molar-refractivity contribution in [3.8, 4) is 0 Å². The van der Waals surface area contributed by atoms with E-state index in [4.69, 9.17) is 9.47 Å². The quantitative estimate of drug-likeness (QED) is 0.277. The van der Waals surface area contributed by atoms with Crippen LogP contribution >= 0.6 is 11.8 Å². The third-order valence-corrected chi connectivity index (χ3v) is 11.9. The number of ether oxygens (including phenoxy) is 2. The van der Waals surface area contributed by atoms with Crippen LogP contribution in [0.25, 0.3) is 4.91 Å². The van der Waals surface area contributed by atoms with Crippen LogP contribution in [0.15, 0.2) is 66.7 Å². The zero-order chi connectivity index (χ0) is 31.4. The SMILES string of the molecule is CC(C)[C@@H]1CC[C@@H](C)C[C@H]1OC(=O)[C@@H]1[C@@H](C(=O)O[C@@H]2C[C@H](C)CC[C@H]2C(C)C)SC(c2ccccc2)=C[C@H]1c1ccccc1. The molecule has 238 valence electrons. The molecule has 2 aliphatic carbocycles. The highest BCUT2D eigenvalue weighted by molar-refractivity contribution is 8.09. The molecule has 0 saturated heterocycles. The molecule has 0 bridgehead atoms. The van der Waals surface area contributed by atoms with E-state index in [1.165, 1.54) is 11.8 Å². The molecular formula is C39H52O4S. The molecular weight excluding hydrogens is 564 g/mol. The van der Waals surface area contributed by atoms with Crippen LogP contribution in [0, 0.1) is 41.4 Å². The number of thioether (sulfide) groups is 1. The zero-order valence-corrected chi connectivity index (χ0v) is 28.3. The Balaban J connectivity index is 1.53. The van der Waals surface area contributed by atoms with Crippen molar-refractivity contribution in [2.24, 2.45) is 41.4 Å². The van der Waals surface area contributed by atoms with Gasteiger partial charge in [-0.3, -0.25) is 9.59 Å². The first-order chi connectivity index (χ1) is 21.1. The van der Waals surface area contributed by atoms with Gasteiger partial charge < -0.3 is 9.47 Å². The van der Waals surface area contributed by atoms with E-state index in [0.717, 1.165) is 54.6 Å². The second kappa shape index (κ2) is 14.7. The van der Waals surface area contributed by atoms with Gasteiger partial charge in [0.1, 0.15) is 17.5 Å². The third kappa shape index (κ3) is 7.63. The van der Waals surface area contributed by atoms with Gasteiger partial charge in [0, 0.05) is 10.8 Å². The van der Waals surface area contributed by atoms with Crippen LogP contribution in [-0.4, -0.2) is 29.4 Å². The molecule has 2 aromatic rings. The van der Waals surface area contributed by atoms with Crippen molar-refractivity contribution in [1.29, 1.82) is 0 Å². The maximum atomic E-state index is 14.5. The minimum Gasteiger partial charge on any atom is -0.462 e. The normalized spacial score (nSPS) is 32.6. The minimum absolute atomic E-state index is 0.130. The Morgan fingerprint density at radius 1 is 0.705 bits per heavy atom. The summed E-state index contributed by atoms with van der Waals surface area (Å²) in [4.78, 5) is 30.0. The molecule has 0 radical (unpaired) electrons. The van der Waals surface area contributed by atoms with E-state index in [-0.39, 0.29) is 30.1 Å². The average Bonchev–Trinajstić information content (AvgIpc) is 3.01. The summed E-state index contributed by atoms with van der Waals surface area (Å²) in [7, 11) is 0. The van der Waals surface area contributed by atoms with Crippen LogP contribution in [0.2, 0.25) is 0 Å². The van der Waals surface area contributed by atoms with Gasteiger partial charge in [-0.1, -0.05) is 121 Å². The molecule has 2 fully saturated rings. The summed E-state index contributed by atoms with van der Waals surface area (Å²) in [6, 6.07) is 20.4. The van der Waals surface area contributed by atoms with Crippen molar-refractivity contribution in [2.75, 3.05) is 0 Å². The lowest BCUT2D eigenvalue weighted by molar-refractivity contribution is -0.167. The van der Waals surface area contributed by atoms with Crippen LogP contribution in [0.1, 0.15) is 97.1 Å². The van der Waals surface area contributed by atoms with Crippen molar-refractivity contribution in [3.63, 3.8) is 0 Å². The van der Waals surface area contributed by atoms with Gasteiger partial charge in [0.2, 0.25) is 0 Å². The first-order valence-electron chi connectivity index (χ1n) is 17.0. The maximum absolute atomic E-state index is 14.5. The fourth-order valence-electron chi connectivity index (χ4n) is 7.86. The molecule has 0 unspecified atom stereocenters. The van der Waals surface area contributed by atoms with Gasteiger partial charge >= 0.3 is 11.9 Å². The highest BCUT2D eigenvalue weighted by Crippen LogP contribution is 2.49. The number of allylic oxidation sites excluding steroid dienone is 1. The van der Waals surface area contributed by atoms with Gasteiger partial charge in [-0.25, -0.2) is 0 Å². The Kier molecular flexibility index (Phi) is 11.0. The van der Waals surface area contributed by atoms with E-state index < -0.39 is 11.2 Å². The van der Waals surface area contributed by atoms with E-state index in [0.29, 0.717) is 35.5 Å². The van der Waals surface area contributed by atoms with Crippen molar-refractivity contribution >= 4 is 28.6 Å². The van der Waals surface area contributed by atoms with Gasteiger partial charge in [-0.2, -0.15) is 0 Å². The van der Waals surface area contributed by atoms with Crippen LogP contribution in [0.5, 0.6) is 0 Å². The Labute approximate surface area is 269 Å². The lowest BCUT2D eigenvalue weighted by atomic mass is 9.75. The fourth-order valence-corrected chi connectivity index (χ4v) is 9.21. The van der Waals surface area contributed by atoms with Crippen molar-refractivity contribution in [1.82, 2.24) is 0 Å². The lowest BCUT2D eigenvalue weighted by Gasteiger charge is -2.41. The number of benzene rings is 2. The summed E-state index contributed by atoms with van der Waals surface area (Å²) in [5.74, 6) is 1.03. The summed E-state index contributed by atoms with van der Waals surface area (Å²) in [5.41, 5.74) is 2.07. The highest BCUT2D eigenvalue weighted by Gasteiger charge is 2.48. The highest BCUT2D eigenvalue weighted by atomic mass is 32.2. The van der Waals surface area contributed by atoms with Gasteiger partial charge in [0.15, 0.2) is 0 Å². The predicted octanol–water partition coefficient (Wildman–Crippen LogP) is 9.55. The number of esters is 2. The Bertz CT molecular complexity index is 1270. The lowest BCUT2D eigenvalue weighted by Crippen LogP contribution is -2.45. The third-order valence-electron chi connectivity index (χ3n) is 10.5. The van der Waals surface area contributed by atoms with Crippen LogP contribution in [-0.2, 0) is 19.1 Å². The molecule has 2 aromatic carbocycles. The van der Waals surface area contributed by atoms with E-state index in [2.05, 4.69) is 71.9 Å². The molecule has 44 heavy (non-hydrogen) atoms. The molecule has 3 aliphatic rings. The average molecular weight is 617 g/mol. The van der Waals surface area contributed by atoms with E-state index in [1.807, 2.05) is 36.4 Å². The summed E-state index contributed by atoms with van der Waals surface area (Å²) in [6.45, 7) is 13.4. The number of hydrogen-bond donors (Lipinski definition) is 0. The number of rotatable bonds is 8. The largest absolute Gasteiger partial charge is 0.462 e. The van der Waals surface area contributed by atoms with Crippen molar-refractivity contribution < 1.29 is 19.1 Å². The first kappa shape index (κ1) is 32.9. The summed E-state index contributed by atoms with van der Waals surface area (Å²) >= 11 is 1.48. The van der Waals surface area contributed by atoms with E-state index in [1.54, 1.807) is 0 Å². The predicted molar refractivity (Wildman–Crippen MR) is 181 cm³/mol. The Morgan fingerprint density at radius 2 is 1.20 bits per heavy atom. The number of hydrogen-bond acceptors (Lipinski definition) is 5. The van der Waals surface area contributed by atoms with Gasteiger partial charge in [0.05, 0.1) is 5.92 Å². The summed E-state index contributed by atoms with van der Waals surface area (Å²) in [6.07, 6.45) is 8.14. The van der Waals surface area contributed by atoms with Crippen LogP contribution in [0.4, 0.5) is 0 Å². The minimum atomic E-state index is -0.698. The standard InChI is InChI=1S/C39H52O4S/c1-24(2)30-19-17-26(5)21-33(30)42-38(40)36-32(28-13-9-7-10-14-28)23-35(29-15-11-8-12-16-29)44-37(36)39(41)43-34-22-27(6)18-20-31(34)25(3)4/h7-16,23-27,30-34,36-37H,17-22H2,1-6H3/t26-,27-,30+,31+,32+,33-,34-,36+,37+/m1/s1. The topological polar surface area (TPSA) is 52.6 Å². The summed E-state index contributed by atoms with van der Waals surface area (Å²) in [5, 5.41) is -0.698. The van der Waals surface area contributed by atoms with E-state index >= 15 is 0 Å². The van der Waals surface area contributed by atoms with Gasteiger partial charge in [-0.05, 0) is 72.3 Å². The molecule has 1 aliphatic heterocycles. The second-order valence-electron chi connectivity index (χ2n) is 14.5. The van der Waals surface area contributed by atoms with Crippen LogP contribution in [0.3, 0.4) is 0 Å². The van der Waals surface area contributed by atoms with Crippen molar-refractivity contribution in [2.45, 2.75) is 103 Å². The fraction of sp³-hybridized carbons (Fsp3) is 0.590. The molecule has 4 nitrogen and oxygen atoms in total. The molecule has 0 N–H and O–H groups in total. The molecule has 0 aromatic heterocycles. The van der Waals surface area contributed by atoms with Crippen molar-refractivity contribution in [3.05, 3.63) is 77.9 Å². The van der Waals surface area contributed by atoms with Gasteiger partial charge in [0.25, 0.3) is 0 Å². The molecule has 5 rings (SSSR count). The molecule has 1 heterocycles. The molecule has 0 amide bonds. The Morgan fingerprint density at radius 3 is 1.73 bits per heavy atom. The maximum Gasteiger partial charge on any atom is 0.320 e. The molecule has 5 heteroatoms.